The van der Waals surface area contributed by atoms with Crippen LogP contribution >= 0.6 is 0 Å². The fraction of sp³-hybridized carbons (Fsp3) is 0.636. The van der Waals surface area contributed by atoms with Gasteiger partial charge in [-0.1, -0.05) is 6.92 Å². The van der Waals surface area contributed by atoms with Gasteiger partial charge in [0, 0.05) is 24.9 Å². The summed E-state index contributed by atoms with van der Waals surface area (Å²) < 4.78 is 7.08. The van der Waals surface area contributed by atoms with Crippen LogP contribution in [0.15, 0.2) is 12.5 Å². The lowest BCUT2D eigenvalue weighted by Crippen LogP contribution is -2.18. The molecular weight excluding hydrogens is 254 g/mol. The third-order valence-electron chi connectivity index (χ3n) is 3.14. The van der Waals surface area contributed by atoms with Crippen LogP contribution in [0.5, 0.6) is 0 Å². The van der Waals surface area contributed by atoms with E-state index in [4.69, 9.17) is 20.1 Å². The van der Waals surface area contributed by atoms with Gasteiger partial charge in [0.05, 0.1) is 18.9 Å². The number of carbonyl (C=O) groups excluding carboxylic acids is 1. The summed E-state index contributed by atoms with van der Waals surface area (Å²) >= 11 is 0. The first kappa shape index (κ1) is 14.9. The summed E-state index contributed by atoms with van der Waals surface area (Å²) in [7, 11) is 1.97. The van der Waals surface area contributed by atoms with Crippen molar-refractivity contribution in [3.63, 3.8) is 0 Å². The van der Waals surface area contributed by atoms with Gasteiger partial charge >= 0.3 is 5.97 Å². The van der Waals surface area contributed by atoms with E-state index in [0.717, 1.165) is 18.5 Å². The fourth-order valence-electron chi connectivity index (χ4n) is 2.16. The maximum absolute atomic E-state index is 11.4. The minimum atomic E-state index is -1.50. The Hall–Kier alpha value is -2.12. The van der Waals surface area contributed by atoms with Gasteiger partial charge in [0.2, 0.25) is 0 Å². The number of imidazole rings is 1. The SMILES string of the molecule is CC[C@@H]1C(=O)OC[C@H]1Cc1cncn1C.O=[N+]([O-])O. The van der Waals surface area contributed by atoms with Crippen molar-refractivity contribution >= 4 is 5.97 Å². The lowest BCUT2D eigenvalue weighted by molar-refractivity contribution is -0.742. The van der Waals surface area contributed by atoms with Gasteiger partial charge in [0.1, 0.15) is 0 Å². The summed E-state index contributed by atoms with van der Waals surface area (Å²) in [6.07, 6.45) is 5.38. The van der Waals surface area contributed by atoms with Crippen molar-refractivity contribution < 1.29 is 19.8 Å². The number of esters is 1. The minimum Gasteiger partial charge on any atom is -0.465 e. The number of aromatic nitrogens is 2. The highest BCUT2D eigenvalue weighted by Gasteiger charge is 2.35. The standard InChI is InChI=1S/C11H16N2O2.HNO3/c1-3-10-8(6-15-11(10)14)4-9-5-12-7-13(9)2;2-1(3)4/h5,7-8,10H,3-4,6H2,1-2H3;(H,2,3,4)/t8-,10+;/m1./s1. The highest BCUT2D eigenvalue weighted by atomic mass is 16.9. The molecule has 0 unspecified atom stereocenters. The minimum absolute atomic E-state index is 0.0373. The molecule has 2 atom stereocenters. The molecule has 0 amide bonds. The molecule has 0 bridgehead atoms. The summed E-state index contributed by atoms with van der Waals surface area (Å²) in [5.41, 5.74) is 1.16. The van der Waals surface area contributed by atoms with E-state index in [1.807, 2.05) is 24.7 Å². The lowest BCUT2D eigenvalue weighted by atomic mass is 9.89. The van der Waals surface area contributed by atoms with Crippen molar-refractivity contribution in [3.05, 3.63) is 28.3 Å². The maximum atomic E-state index is 11.4. The number of carbonyl (C=O) groups is 1. The summed E-state index contributed by atoms with van der Waals surface area (Å²) in [5.74, 6) is 0.350. The quantitative estimate of drug-likeness (QED) is 0.495. The van der Waals surface area contributed by atoms with E-state index in [9.17, 15) is 4.79 Å². The Kier molecular flexibility index (Phi) is 5.28. The van der Waals surface area contributed by atoms with Gasteiger partial charge in [0.15, 0.2) is 0 Å². The second kappa shape index (κ2) is 6.72. The smallest absolute Gasteiger partial charge is 0.309 e. The molecule has 0 saturated carbocycles. The molecule has 0 spiro atoms. The van der Waals surface area contributed by atoms with E-state index in [-0.39, 0.29) is 11.9 Å². The van der Waals surface area contributed by atoms with Crippen LogP contribution in [0.2, 0.25) is 0 Å². The average Bonchev–Trinajstić information content (AvgIpc) is 2.86. The number of aryl methyl sites for hydroxylation is 1. The molecule has 1 aliphatic rings. The van der Waals surface area contributed by atoms with Crippen LogP contribution in [-0.4, -0.2) is 32.4 Å². The van der Waals surface area contributed by atoms with E-state index in [2.05, 4.69) is 4.98 Å². The number of nitrogens with zero attached hydrogens (tertiary/aromatic N) is 3. The van der Waals surface area contributed by atoms with Crippen molar-refractivity contribution in [1.82, 2.24) is 9.55 Å². The number of rotatable bonds is 3. The Balaban J connectivity index is 0.000000399. The van der Waals surface area contributed by atoms with Gasteiger partial charge in [-0.15, -0.1) is 10.1 Å². The van der Waals surface area contributed by atoms with Crippen LogP contribution < -0.4 is 0 Å². The molecule has 0 radical (unpaired) electrons. The molecule has 8 heteroatoms. The Morgan fingerprint density at radius 1 is 1.68 bits per heavy atom. The number of ether oxygens (including phenoxy) is 1. The van der Waals surface area contributed by atoms with Crippen molar-refractivity contribution in [3.8, 4) is 0 Å². The summed E-state index contributed by atoms with van der Waals surface area (Å²) in [6.45, 7) is 2.59. The van der Waals surface area contributed by atoms with Crippen molar-refractivity contribution in [2.24, 2.45) is 18.9 Å². The van der Waals surface area contributed by atoms with E-state index in [0.29, 0.717) is 12.5 Å². The first-order valence-electron chi connectivity index (χ1n) is 5.90. The topological polar surface area (TPSA) is 107 Å². The summed E-state index contributed by atoms with van der Waals surface area (Å²) in [4.78, 5) is 23.8. The first-order chi connectivity index (χ1) is 8.95. The van der Waals surface area contributed by atoms with Gasteiger partial charge in [-0.3, -0.25) is 4.79 Å². The van der Waals surface area contributed by atoms with E-state index < -0.39 is 5.09 Å². The fourth-order valence-corrected chi connectivity index (χ4v) is 2.16. The molecule has 1 N–H and O–H groups in total. The Morgan fingerprint density at radius 3 is 2.79 bits per heavy atom. The van der Waals surface area contributed by atoms with E-state index in [1.165, 1.54) is 0 Å². The molecule has 19 heavy (non-hydrogen) atoms. The predicted octanol–water partition coefficient (Wildman–Crippen LogP) is 0.814. The average molecular weight is 271 g/mol. The third kappa shape index (κ3) is 4.23. The second-order valence-electron chi connectivity index (χ2n) is 4.34. The van der Waals surface area contributed by atoms with Gasteiger partial charge in [0.25, 0.3) is 5.09 Å². The lowest BCUT2D eigenvalue weighted by Gasteiger charge is -2.12. The highest BCUT2D eigenvalue weighted by Crippen LogP contribution is 2.27. The summed E-state index contributed by atoms with van der Waals surface area (Å²) in [5, 5.41) is 13.6. The zero-order valence-electron chi connectivity index (χ0n) is 10.9. The van der Waals surface area contributed by atoms with Crippen molar-refractivity contribution in [2.75, 3.05) is 6.61 Å². The molecule has 1 aliphatic heterocycles. The molecule has 1 aromatic heterocycles. The zero-order chi connectivity index (χ0) is 14.4. The number of hydrogen-bond acceptors (Lipinski definition) is 5. The molecule has 8 nitrogen and oxygen atoms in total. The Morgan fingerprint density at radius 2 is 2.32 bits per heavy atom. The molecule has 1 saturated heterocycles. The van der Waals surface area contributed by atoms with Crippen LogP contribution in [0.1, 0.15) is 19.0 Å². The first-order valence-corrected chi connectivity index (χ1v) is 5.90. The third-order valence-corrected chi connectivity index (χ3v) is 3.14. The van der Waals surface area contributed by atoms with Crippen LogP contribution in [0.25, 0.3) is 0 Å². The zero-order valence-corrected chi connectivity index (χ0v) is 10.9. The number of hydrogen-bond donors (Lipinski definition) is 1. The normalized spacial score (nSPS) is 21.5. The largest absolute Gasteiger partial charge is 0.465 e. The Bertz CT molecular complexity index is 441. The van der Waals surface area contributed by atoms with Crippen LogP contribution in [0.4, 0.5) is 0 Å². The molecule has 106 valence electrons. The van der Waals surface area contributed by atoms with Crippen LogP contribution in [-0.2, 0) is 23.0 Å². The van der Waals surface area contributed by atoms with Crippen LogP contribution in [0, 0.1) is 22.0 Å². The van der Waals surface area contributed by atoms with Gasteiger partial charge in [-0.05, 0) is 12.8 Å². The molecule has 2 rings (SSSR count). The van der Waals surface area contributed by atoms with Crippen molar-refractivity contribution in [1.29, 1.82) is 0 Å². The monoisotopic (exact) mass is 271 g/mol. The van der Waals surface area contributed by atoms with Crippen molar-refractivity contribution in [2.45, 2.75) is 19.8 Å². The molecule has 0 aliphatic carbocycles. The second-order valence-corrected chi connectivity index (χ2v) is 4.34. The summed E-state index contributed by atoms with van der Waals surface area (Å²) in [6, 6.07) is 0. The van der Waals surface area contributed by atoms with Crippen LogP contribution in [0.3, 0.4) is 0 Å². The molecule has 2 heterocycles. The van der Waals surface area contributed by atoms with E-state index in [1.54, 1.807) is 6.33 Å². The van der Waals surface area contributed by atoms with Gasteiger partial charge in [-0.2, -0.15) is 0 Å². The molecule has 1 fully saturated rings. The Labute approximate surface area is 110 Å². The number of cyclic esters (lactones) is 1. The molecule has 0 aromatic carbocycles. The van der Waals surface area contributed by atoms with Gasteiger partial charge < -0.3 is 14.5 Å². The van der Waals surface area contributed by atoms with E-state index >= 15 is 0 Å². The highest BCUT2D eigenvalue weighted by molar-refractivity contribution is 5.74. The van der Waals surface area contributed by atoms with Gasteiger partial charge in [-0.25, -0.2) is 4.98 Å². The molecular formula is C11H17N3O5. The predicted molar refractivity (Wildman–Crippen MR) is 63.9 cm³/mol. The molecule has 1 aromatic rings. The maximum Gasteiger partial charge on any atom is 0.309 e.